The smallest absolute Gasteiger partial charge is 0.0697 e. The van der Waals surface area contributed by atoms with Gasteiger partial charge >= 0.3 is 0 Å². The van der Waals surface area contributed by atoms with Crippen LogP contribution in [0.5, 0.6) is 0 Å². The summed E-state index contributed by atoms with van der Waals surface area (Å²) in [7, 11) is 0. The molecule has 0 aromatic heterocycles. The van der Waals surface area contributed by atoms with Crippen LogP contribution in [0.15, 0.2) is 30.3 Å². The summed E-state index contributed by atoms with van der Waals surface area (Å²) in [6, 6.07) is 9.52. The second kappa shape index (κ2) is 10.2. The third-order valence-corrected chi connectivity index (χ3v) is 1.47. The van der Waals surface area contributed by atoms with E-state index in [4.69, 9.17) is 14.9 Å². The molecule has 0 radical (unpaired) electrons. The first kappa shape index (κ1) is 13.1. The van der Waals surface area contributed by atoms with Crippen molar-refractivity contribution < 1.29 is 14.9 Å². The fraction of sp³-hybridized carbons (Fsp3) is 0.455. The Hall–Kier alpha value is -0.900. The van der Waals surface area contributed by atoms with Crippen LogP contribution in [0.1, 0.15) is 12.5 Å². The van der Waals surface area contributed by atoms with Crippen molar-refractivity contribution in [3.63, 3.8) is 0 Å². The molecule has 0 aliphatic heterocycles. The molecule has 0 aliphatic rings. The van der Waals surface area contributed by atoms with Crippen molar-refractivity contribution in [2.45, 2.75) is 13.5 Å². The summed E-state index contributed by atoms with van der Waals surface area (Å²) in [5, 5.41) is 16.6. The number of ether oxygens (including phenoxy) is 1. The van der Waals surface area contributed by atoms with Crippen molar-refractivity contribution in [1.29, 1.82) is 0 Å². The van der Waals surface area contributed by atoms with Crippen molar-refractivity contribution in [2.24, 2.45) is 0 Å². The van der Waals surface area contributed by atoms with Crippen molar-refractivity contribution in [3.8, 4) is 0 Å². The number of aliphatic hydroxyl groups excluding tert-OH is 2. The van der Waals surface area contributed by atoms with E-state index in [1.54, 1.807) is 0 Å². The number of benzene rings is 1. The molecule has 1 aromatic rings. The number of aliphatic hydroxyl groups is 2. The lowest BCUT2D eigenvalue weighted by molar-refractivity contribution is 0.102. The first-order valence-electron chi connectivity index (χ1n) is 4.68. The predicted molar refractivity (Wildman–Crippen MR) is 55.9 cm³/mol. The maximum absolute atomic E-state index is 8.54. The molecule has 80 valence electrons. The first-order valence-corrected chi connectivity index (χ1v) is 4.68. The van der Waals surface area contributed by atoms with Gasteiger partial charge in [0.1, 0.15) is 0 Å². The zero-order valence-electron chi connectivity index (χ0n) is 8.52. The zero-order valence-corrected chi connectivity index (χ0v) is 8.52. The molecule has 0 saturated carbocycles. The van der Waals surface area contributed by atoms with Crippen LogP contribution in [0.4, 0.5) is 0 Å². The Morgan fingerprint density at radius 3 is 2.07 bits per heavy atom. The van der Waals surface area contributed by atoms with Gasteiger partial charge in [-0.05, 0) is 12.5 Å². The molecule has 14 heavy (non-hydrogen) atoms. The Morgan fingerprint density at radius 1 is 1.14 bits per heavy atom. The van der Waals surface area contributed by atoms with Gasteiger partial charge < -0.3 is 14.9 Å². The molecule has 0 aliphatic carbocycles. The van der Waals surface area contributed by atoms with Gasteiger partial charge in [0.15, 0.2) is 0 Å². The summed E-state index contributed by atoms with van der Waals surface area (Å²) in [5.41, 5.74) is 0.965. The molecule has 3 heteroatoms. The molecule has 0 heterocycles. The summed E-state index contributed by atoms with van der Waals surface area (Å²) in [5.74, 6) is 0. The summed E-state index contributed by atoms with van der Waals surface area (Å²) < 4.78 is 4.73. The van der Waals surface area contributed by atoms with E-state index in [2.05, 4.69) is 0 Å². The fourth-order valence-electron chi connectivity index (χ4n) is 0.792. The highest BCUT2D eigenvalue weighted by Gasteiger charge is 1.81. The lowest BCUT2D eigenvalue weighted by atomic mass is 10.2. The van der Waals surface area contributed by atoms with E-state index in [1.165, 1.54) is 0 Å². The Bertz CT molecular complexity index is 195. The summed E-state index contributed by atoms with van der Waals surface area (Å²) >= 11 is 0. The molecule has 0 atom stereocenters. The van der Waals surface area contributed by atoms with Gasteiger partial charge in [-0.1, -0.05) is 30.3 Å². The molecule has 1 aromatic carbocycles. The Labute approximate surface area is 85.0 Å². The highest BCUT2D eigenvalue weighted by molar-refractivity contribution is 5.12. The van der Waals surface area contributed by atoms with Crippen LogP contribution in [0.3, 0.4) is 0 Å². The van der Waals surface area contributed by atoms with Gasteiger partial charge in [-0.3, -0.25) is 0 Å². The van der Waals surface area contributed by atoms with Crippen LogP contribution < -0.4 is 0 Å². The highest BCUT2D eigenvalue weighted by atomic mass is 16.5. The van der Waals surface area contributed by atoms with Crippen LogP contribution in [0, 0.1) is 0 Å². The lowest BCUT2D eigenvalue weighted by Crippen LogP contribution is -1.96. The molecule has 1 rings (SSSR count). The second-order valence-corrected chi connectivity index (χ2v) is 2.56. The third kappa shape index (κ3) is 7.73. The number of hydrogen-bond acceptors (Lipinski definition) is 3. The van der Waals surface area contributed by atoms with Crippen LogP contribution in [-0.2, 0) is 11.3 Å². The minimum absolute atomic E-state index is 0.133. The van der Waals surface area contributed by atoms with E-state index < -0.39 is 0 Å². The Balaban J connectivity index is 0.000000255. The average Bonchev–Trinajstić information content (AvgIpc) is 2.28. The van der Waals surface area contributed by atoms with Crippen LogP contribution in [0.25, 0.3) is 0 Å². The molecule has 0 unspecified atom stereocenters. The molecule has 0 saturated heterocycles. The standard InChI is InChI=1S/C7H8O.C4H10O2/c8-6-7-4-2-1-3-5-7;1-2-6-4-3-5/h1-5,8H,6H2;5H,2-4H2,1H3. The first-order chi connectivity index (χ1) is 6.85. The minimum atomic E-state index is 0.133. The molecule has 0 amide bonds. The maximum atomic E-state index is 8.54. The minimum Gasteiger partial charge on any atom is -0.394 e. The van der Waals surface area contributed by atoms with E-state index >= 15 is 0 Å². The van der Waals surface area contributed by atoms with Crippen LogP contribution >= 0.6 is 0 Å². The van der Waals surface area contributed by atoms with Crippen LogP contribution in [-0.4, -0.2) is 30.0 Å². The van der Waals surface area contributed by atoms with Crippen molar-refractivity contribution in [3.05, 3.63) is 35.9 Å². The average molecular weight is 198 g/mol. The maximum Gasteiger partial charge on any atom is 0.0697 e. The molecule has 0 bridgehead atoms. The van der Waals surface area contributed by atoms with E-state index in [1.807, 2.05) is 37.3 Å². The second-order valence-electron chi connectivity index (χ2n) is 2.56. The normalized spacial score (nSPS) is 9.07. The van der Waals surface area contributed by atoms with E-state index in [-0.39, 0.29) is 13.2 Å². The van der Waals surface area contributed by atoms with Crippen molar-refractivity contribution >= 4 is 0 Å². The summed E-state index contributed by atoms with van der Waals surface area (Å²) in [4.78, 5) is 0. The van der Waals surface area contributed by atoms with Crippen molar-refractivity contribution in [2.75, 3.05) is 19.8 Å². The van der Waals surface area contributed by atoms with Gasteiger partial charge in [0.25, 0.3) is 0 Å². The molecular formula is C11H18O3. The Morgan fingerprint density at radius 2 is 1.79 bits per heavy atom. The van der Waals surface area contributed by atoms with E-state index in [9.17, 15) is 0 Å². The Kier molecular flexibility index (Phi) is 9.53. The summed E-state index contributed by atoms with van der Waals surface area (Å²) in [6.45, 7) is 3.33. The quantitative estimate of drug-likeness (QED) is 0.715. The van der Waals surface area contributed by atoms with Crippen molar-refractivity contribution in [1.82, 2.24) is 0 Å². The predicted octanol–water partition coefficient (Wildman–Crippen LogP) is 1.19. The SMILES string of the molecule is CCOCCO.OCc1ccccc1. The number of rotatable bonds is 4. The molecule has 0 spiro atoms. The topological polar surface area (TPSA) is 49.7 Å². The van der Waals surface area contributed by atoms with Gasteiger partial charge in [-0.2, -0.15) is 0 Å². The molecule has 0 fully saturated rings. The van der Waals surface area contributed by atoms with Gasteiger partial charge in [0.05, 0.1) is 19.8 Å². The zero-order chi connectivity index (χ0) is 10.6. The van der Waals surface area contributed by atoms with Gasteiger partial charge in [0.2, 0.25) is 0 Å². The van der Waals surface area contributed by atoms with Gasteiger partial charge in [0, 0.05) is 6.61 Å². The molecular weight excluding hydrogens is 180 g/mol. The van der Waals surface area contributed by atoms with Gasteiger partial charge in [-0.15, -0.1) is 0 Å². The fourth-order valence-corrected chi connectivity index (χ4v) is 0.792. The largest absolute Gasteiger partial charge is 0.394 e. The third-order valence-electron chi connectivity index (χ3n) is 1.47. The van der Waals surface area contributed by atoms with E-state index in [0.717, 1.165) is 5.56 Å². The van der Waals surface area contributed by atoms with Gasteiger partial charge in [-0.25, -0.2) is 0 Å². The summed E-state index contributed by atoms with van der Waals surface area (Å²) in [6.07, 6.45) is 0. The number of hydrogen-bond donors (Lipinski definition) is 2. The lowest BCUT2D eigenvalue weighted by Gasteiger charge is -1.91. The molecule has 2 N–H and O–H groups in total. The monoisotopic (exact) mass is 198 g/mol. The van der Waals surface area contributed by atoms with E-state index in [0.29, 0.717) is 13.2 Å². The highest BCUT2D eigenvalue weighted by Crippen LogP contribution is 1.95. The molecule has 3 nitrogen and oxygen atoms in total. The van der Waals surface area contributed by atoms with Crippen LogP contribution in [0.2, 0.25) is 0 Å².